The number of nitrogens with one attached hydrogen (secondary N) is 2. The largest absolute Gasteiger partial charge is 0.370 e. The molecular weight excluding hydrogens is 304 g/mol. The minimum Gasteiger partial charge on any atom is -0.370 e. The smallest absolute Gasteiger partial charge is 0.242 e. The van der Waals surface area contributed by atoms with E-state index >= 15 is 0 Å². The summed E-state index contributed by atoms with van der Waals surface area (Å²) in [7, 11) is -7.48. The third kappa shape index (κ3) is 5.82. The number of nitrogens with zero attached hydrogens (tertiary/aromatic N) is 1. The van der Waals surface area contributed by atoms with Gasteiger partial charge in [-0.1, -0.05) is 6.92 Å². The van der Waals surface area contributed by atoms with E-state index in [0.717, 1.165) is 13.0 Å². The van der Waals surface area contributed by atoms with Crippen LogP contribution in [0.25, 0.3) is 0 Å². The highest BCUT2D eigenvalue weighted by molar-refractivity contribution is 7.90. The second-order valence-electron chi connectivity index (χ2n) is 4.07. The van der Waals surface area contributed by atoms with Crippen LogP contribution in [0.2, 0.25) is 0 Å². The molecule has 0 saturated carbocycles. The van der Waals surface area contributed by atoms with Gasteiger partial charge >= 0.3 is 0 Å². The summed E-state index contributed by atoms with van der Waals surface area (Å²) in [5.74, 6) is 0.117. The van der Waals surface area contributed by atoms with E-state index < -0.39 is 25.8 Å². The Morgan fingerprint density at radius 1 is 1.20 bits per heavy atom. The van der Waals surface area contributed by atoms with Gasteiger partial charge in [0.05, 0.1) is 5.75 Å². The van der Waals surface area contributed by atoms with Gasteiger partial charge in [0.15, 0.2) is 0 Å². The highest BCUT2D eigenvalue weighted by Crippen LogP contribution is 2.10. The SMILES string of the molecule is CCCNc1ccc(S(=O)(=O)NCCS(N)(=O)=O)cn1. The Labute approximate surface area is 118 Å². The summed E-state index contributed by atoms with van der Waals surface area (Å²) in [4.78, 5) is 3.93. The van der Waals surface area contributed by atoms with Gasteiger partial charge in [-0.25, -0.2) is 31.7 Å². The Kier molecular flexibility index (Phi) is 5.87. The second-order valence-corrected chi connectivity index (χ2v) is 7.57. The van der Waals surface area contributed by atoms with E-state index in [4.69, 9.17) is 5.14 Å². The van der Waals surface area contributed by atoms with Crippen molar-refractivity contribution in [1.29, 1.82) is 0 Å². The van der Waals surface area contributed by atoms with Crippen LogP contribution in [0.1, 0.15) is 13.3 Å². The first kappa shape index (κ1) is 16.8. The third-order valence-corrected chi connectivity index (χ3v) is 4.50. The molecule has 0 atom stereocenters. The van der Waals surface area contributed by atoms with Crippen LogP contribution >= 0.6 is 0 Å². The highest BCUT2D eigenvalue weighted by atomic mass is 32.2. The van der Waals surface area contributed by atoms with Gasteiger partial charge in [-0.05, 0) is 18.6 Å². The van der Waals surface area contributed by atoms with Gasteiger partial charge in [0.25, 0.3) is 0 Å². The van der Waals surface area contributed by atoms with Crippen LogP contribution in [0.15, 0.2) is 23.2 Å². The number of hydrogen-bond acceptors (Lipinski definition) is 6. The van der Waals surface area contributed by atoms with Gasteiger partial charge in [-0.2, -0.15) is 0 Å². The van der Waals surface area contributed by atoms with E-state index in [0.29, 0.717) is 5.82 Å². The van der Waals surface area contributed by atoms with E-state index in [1.54, 1.807) is 6.07 Å². The molecule has 0 spiro atoms. The zero-order chi connectivity index (χ0) is 15.2. The Balaban J connectivity index is 2.68. The number of rotatable bonds is 8. The van der Waals surface area contributed by atoms with Gasteiger partial charge in [0, 0.05) is 19.3 Å². The van der Waals surface area contributed by atoms with Crippen molar-refractivity contribution in [3.05, 3.63) is 18.3 Å². The molecule has 8 nitrogen and oxygen atoms in total. The molecule has 1 aromatic heterocycles. The fourth-order valence-corrected chi connectivity index (χ4v) is 2.79. The fourth-order valence-electron chi connectivity index (χ4n) is 1.30. The van der Waals surface area contributed by atoms with Crippen LogP contribution < -0.4 is 15.2 Å². The van der Waals surface area contributed by atoms with Gasteiger partial charge in [0.1, 0.15) is 10.7 Å². The molecule has 1 rings (SSSR count). The quantitative estimate of drug-likeness (QED) is 0.589. The second kappa shape index (κ2) is 6.97. The van der Waals surface area contributed by atoms with Crippen LogP contribution in [0.3, 0.4) is 0 Å². The minimum absolute atomic E-state index is 0.0334. The lowest BCUT2D eigenvalue weighted by atomic mass is 10.4. The van der Waals surface area contributed by atoms with Crippen molar-refractivity contribution in [1.82, 2.24) is 9.71 Å². The maximum Gasteiger partial charge on any atom is 0.242 e. The molecule has 0 saturated heterocycles. The van der Waals surface area contributed by atoms with Crippen LogP contribution in [0, 0.1) is 0 Å². The van der Waals surface area contributed by atoms with Crippen LogP contribution in [-0.2, 0) is 20.0 Å². The summed E-state index contributed by atoms with van der Waals surface area (Å²) in [5, 5.41) is 7.80. The molecule has 4 N–H and O–H groups in total. The molecule has 0 aliphatic rings. The van der Waals surface area contributed by atoms with E-state index in [1.807, 2.05) is 6.92 Å². The summed E-state index contributed by atoms with van der Waals surface area (Å²) in [6, 6.07) is 2.94. The molecule has 0 aliphatic carbocycles. The van der Waals surface area contributed by atoms with Crippen molar-refractivity contribution in [2.75, 3.05) is 24.2 Å². The molecule has 1 heterocycles. The summed E-state index contributed by atoms with van der Waals surface area (Å²) < 4.78 is 47.3. The van der Waals surface area contributed by atoms with Gasteiger partial charge in [-0.3, -0.25) is 0 Å². The fraction of sp³-hybridized carbons (Fsp3) is 0.500. The third-order valence-electron chi connectivity index (χ3n) is 2.28. The highest BCUT2D eigenvalue weighted by Gasteiger charge is 2.15. The first-order valence-electron chi connectivity index (χ1n) is 5.94. The summed E-state index contributed by atoms with van der Waals surface area (Å²) in [6.45, 7) is 2.46. The number of sulfonamides is 2. The Hall–Kier alpha value is -1.23. The van der Waals surface area contributed by atoms with Crippen molar-refractivity contribution in [2.45, 2.75) is 18.2 Å². The Bertz CT molecular complexity index is 626. The first-order valence-corrected chi connectivity index (χ1v) is 9.14. The molecular formula is C10H18N4O4S2. The Morgan fingerprint density at radius 2 is 1.90 bits per heavy atom. The summed E-state index contributed by atoms with van der Waals surface area (Å²) in [6.07, 6.45) is 2.13. The van der Waals surface area contributed by atoms with Crippen molar-refractivity contribution in [3.63, 3.8) is 0 Å². The van der Waals surface area contributed by atoms with E-state index in [1.165, 1.54) is 12.3 Å². The first-order chi connectivity index (χ1) is 9.24. The number of anilines is 1. The molecule has 0 bridgehead atoms. The predicted octanol–water partition coefficient (Wildman–Crippen LogP) is -0.530. The maximum absolute atomic E-state index is 11.8. The lowest BCUT2D eigenvalue weighted by Gasteiger charge is -2.07. The molecule has 20 heavy (non-hydrogen) atoms. The summed E-state index contributed by atoms with van der Waals surface area (Å²) >= 11 is 0. The monoisotopic (exact) mass is 322 g/mol. The predicted molar refractivity (Wildman–Crippen MR) is 76.2 cm³/mol. The minimum atomic E-state index is -3.78. The van der Waals surface area contributed by atoms with Gasteiger partial charge in [0.2, 0.25) is 20.0 Å². The number of aromatic nitrogens is 1. The molecule has 0 aliphatic heterocycles. The van der Waals surface area contributed by atoms with E-state index in [-0.39, 0.29) is 11.4 Å². The number of pyridine rings is 1. The standard InChI is InChI=1S/C10H18N4O4S2/c1-2-5-12-10-4-3-9(8-13-10)20(17,18)14-6-7-19(11,15)16/h3-4,8,14H,2,5-7H2,1H3,(H,12,13)(H2,11,15,16). The normalized spacial score (nSPS) is 12.3. The molecule has 114 valence electrons. The van der Waals surface area contributed by atoms with Gasteiger partial charge in [-0.15, -0.1) is 0 Å². The number of primary sulfonamides is 1. The van der Waals surface area contributed by atoms with Gasteiger partial charge < -0.3 is 5.32 Å². The molecule has 0 radical (unpaired) electrons. The Morgan fingerprint density at radius 3 is 2.40 bits per heavy atom. The number of nitrogens with two attached hydrogens (primary N) is 1. The molecule has 0 amide bonds. The summed E-state index contributed by atoms with van der Waals surface area (Å²) in [5.41, 5.74) is 0. The number of hydrogen-bond donors (Lipinski definition) is 3. The van der Waals surface area contributed by atoms with Crippen molar-refractivity contribution in [3.8, 4) is 0 Å². The zero-order valence-corrected chi connectivity index (χ0v) is 12.7. The maximum atomic E-state index is 11.8. The van der Waals surface area contributed by atoms with Crippen LogP contribution in [0.4, 0.5) is 5.82 Å². The lowest BCUT2D eigenvalue weighted by Crippen LogP contribution is -2.31. The van der Waals surface area contributed by atoms with Crippen molar-refractivity contribution in [2.24, 2.45) is 5.14 Å². The lowest BCUT2D eigenvalue weighted by molar-refractivity contribution is 0.581. The molecule has 0 unspecified atom stereocenters. The van der Waals surface area contributed by atoms with Crippen LogP contribution in [-0.4, -0.2) is 40.7 Å². The van der Waals surface area contributed by atoms with E-state index in [9.17, 15) is 16.8 Å². The average molecular weight is 322 g/mol. The van der Waals surface area contributed by atoms with Crippen molar-refractivity contribution < 1.29 is 16.8 Å². The molecule has 1 aromatic rings. The molecule has 10 heteroatoms. The molecule has 0 fully saturated rings. The van der Waals surface area contributed by atoms with Crippen LogP contribution in [0.5, 0.6) is 0 Å². The molecule has 0 aromatic carbocycles. The van der Waals surface area contributed by atoms with Crippen molar-refractivity contribution >= 4 is 25.9 Å². The van der Waals surface area contributed by atoms with E-state index in [2.05, 4.69) is 15.0 Å². The topological polar surface area (TPSA) is 131 Å². The average Bonchev–Trinajstić information content (AvgIpc) is 2.35. The zero-order valence-electron chi connectivity index (χ0n) is 11.0.